The first-order valence-corrected chi connectivity index (χ1v) is 10.6. The standard InChI is InChI=1S/C22H35N3O2/c1-18(2)24-14-10-20(11-15-24)25-13-6-7-19(17-25)22(26)23-12-16-27-21-8-4-3-5-9-21/h3-5,8-9,18-20H,6-7,10-17H2,1-2H3,(H,23,26)/t19-/m1/s1. The fraction of sp³-hybridized carbons (Fsp3) is 0.682. The van der Waals surface area contributed by atoms with Gasteiger partial charge in [0.15, 0.2) is 0 Å². The van der Waals surface area contributed by atoms with Crippen LogP contribution < -0.4 is 10.1 Å². The third kappa shape index (κ3) is 5.94. The van der Waals surface area contributed by atoms with E-state index in [9.17, 15) is 4.79 Å². The van der Waals surface area contributed by atoms with E-state index in [-0.39, 0.29) is 11.8 Å². The van der Waals surface area contributed by atoms with Gasteiger partial charge >= 0.3 is 0 Å². The van der Waals surface area contributed by atoms with Gasteiger partial charge in [0.2, 0.25) is 5.91 Å². The van der Waals surface area contributed by atoms with Crippen LogP contribution in [0.3, 0.4) is 0 Å². The van der Waals surface area contributed by atoms with Gasteiger partial charge < -0.3 is 15.0 Å². The Balaban J connectivity index is 1.38. The Labute approximate surface area is 164 Å². The second-order valence-corrected chi connectivity index (χ2v) is 8.15. The van der Waals surface area contributed by atoms with Crippen molar-refractivity contribution in [1.29, 1.82) is 0 Å². The number of carbonyl (C=O) groups excluding carboxylic acids is 1. The van der Waals surface area contributed by atoms with Gasteiger partial charge in [0.1, 0.15) is 12.4 Å². The van der Waals surface area contributed by atoms with Crippen LogP contribution in [0.25, 0.3) is 0 Å². The van der Waals surface area contributed by atoms with Crippen LogP contribution in [-0.4, -0.2) is 67.1 Å². The lowest BCUT2D eigenvalue weighted by Gasteiger charge is -2.43. The highest BCUT2D eigenvalue weighted by atomic mass is 16.5. The van der Waals surface area contributed by atoms with Gasteiger partial charge in [0.05, 0.1) is 12.5 Å². The molecule has 27 heavy (non-hydrogen) atoms. The molecule has 0 spiro atoms. The van der Waals surface area contributed by atoms with Crippen molar-refractivity contribution in [3.8, 4) is 5.75 Å². The quantitative estimate of drug-likeness (QED) is 0.747. The Hall–Kier alpha value is -1.59. The van der Waals surface area contributed by atoms with Crippen LogP contribution in [0.15, 0.2) is 30.3 Å². The van der Waals surface area contributed by atoms with Crippen molar-refractivity contribution in [2.45, 2.75) is 51.6 Å². The maximum absolute atomic E-state index is 12.6. The van der Waals surface area contributed by atoms with Crippen LogP contribution in [0.2, 0.25) is 0 Å². The minimum Gasteiger partial charge on any atom is -0.492 e. The zero-order chi connectivity index (χ0) is 19.1. The molecule has 5 nitrogen and oxygen atoms in total. The van der Waals surface area contributed by atoms with E-state index >= 15 is 0 Å². The summed E-state index contributed by atoms with van der Waals surface area (Å²) >= 11 is 0. The van der Waals surface area contributed by atoms with Gasteiger partial charge in [-0.2, -0.15) is 0 Å². The molecule has 1 atom stereocenters. The Morgan fingerprint density at radius 1 is 1.15 bits per heavy atom. The SMILES string of the molecule is CC(C)N1CCC(N2CCC[C@@H](C(=O)NCCOc3ccccc3)C2)CC1. The number of likely N-dealkylation sites (tertiary alicyclic amines) is 2. The van der Waals surface area contributed by atoms with E-state index in [1.165, 1.54) is 25.9 Å². The average molecular weight is 374 g/mol. The van der Waals surface area contributed by atoms with E-state index in [0.717, 1.165) is 31.7 Å². The lowest BCUT2D eigenvalue weighted by Crippen LogP contribution is -2.51. The third-order valence-corrected chi connectivity index (χ3v) is 5.98. The molecular formula is C22H35N3O2. The molecule has 0 radical (unpaired) electrons. The molecule has 2 saturated heterocycles. The lowest BCUT2D eigenvalue weighted by molar-refractivity contribution is -0.127. The highest BCUT2D eigenvalue weighted by Crippen LogP contribution is 2.24. The Morgan fingerprint density at radius 2 is 1.89 bits per heavy atom. The van der Waals surface area contributed by atoms with Gasteiger partial charge in [-0.3, -0.25) is 9.69 Å². The van der Waals surface area contributed by atoms with Gasteiger partial charge in [-0.1, -0.05) is 18.2 Å². The summed E-state index contributed by atoms with van der Waals surface area (Å²) in [5.41, 5.74) is 0. The maximum Gasteiger partial charge on any atom is 0.224 e. The Kier molecular flexibility index (Phi) is 7.53. The van der Waals surface area contributed by atoms with E-state index in [1.54, 1.807) is 0 Å². The first-order valence-electron chi connectivity index (χ1n) is 10.6. The van der Waals surface area contributed by atoms with Crippen LogP contribution >= 0.6 is 0 Å². The molecule has 0 aliphatic carbocycles. The summed E-state index contributed by atoms with van der Waals surface area (Å²) in [4.78, 5) is 17.7. The van der Waals surface area contributed by atoms with Crippen LogP contribution in [0.5, 0.6) is 5.75 Å². The summed E-state index contributed by atoms with van der Waals surface area (Å²) in [5, 5.41) is 3.07. The zero-order valence-electron chi connectivity index (χ0n) is 16.9. The van der Waals surface area contributed by atoms with Crippen molar-refractivity contribution in [2.24, 2.45) is 5.92 Å². The molecule has 1 N–H and O–H groups in total. The van der Waals surface area contributed by atoms with Crippen LogP contribution in [0.1, 0.15) is 39.5 Å². The number of nitrogens with one attached hydrogen (secondary N) is 1. The summed E-state index contributed by atoms with van der Waals surface area (Å²) in [5.74, 6) is 1.16. The largest absolute Gasteiger partial charge is 0.492 e. The molecule has 5 heteroatoms. The van der Waals surface area contributed by atoms with E-state index in [0.29, 0.717) is 25.2 Å². The van der Waals surface area contributed by atoms with Gasteiger partial charge in [-0.15, -0.1) is 0 Å². The minimum atomic E-state index is 0.124. The summed E-state index contributed by atoms with van der Waals surface area (Å²) in [6, 6.07) is 11.0. The van der Waals surface area contributed by atoms with Gasteiger partial charge in [-0.05, 0) is 71.3 Å². The van der Waals surface area contributed by atoms with E-state index in [4.69, 9.17) is 4.74 Å². The fourth-order valence-electron chi connectivity index (χ4n) is 4.32. The number of hydrogen-bond acceptors (Lipinski definition) is 4. The molecule has 0 aromatic heterocycles. The lowest BCUT2D eigenvalue weighted by atomic mass is 9.93. The third-order valence-electron chi connectivity index (χ3n) is 5.98. The van der Waals surface area contributed by atoms with Crippen molar-refractivity contribution < 1.29 is 9.53 Å². The van der Waals surface area contributed by atoms with Crippen molar-refractivity contribution in [1.82, 2.24) is 15.1 Å². The van der Waals surface area contributed by atoms with Gasteiger partial charge in [0.25, 0.3) is 0 Å². The maximum atomic E-state index is 12.6. The van der Waals surface area contributed by atoms with Crippen molar-refractivity contribution in [3.63, 3.8) is 0 Å². The predicted molar refractivity (Wildman–Crippen MR) is 109 cm³/mol. The normalized spacial score (nSPS) is 22.7. The Morgan fingerprint density at radius 3 is 2.59 bits per heavy atom. The molecule has 0 bridgehead atoms. The topological polar surface area (TPSA) is 44.8 Å². The highest BCUT2D eigenvalue weighted by Gasteiger charge is 2.31. The number of ether oxygens (including phenoxy) is 1. The molecule has 0 unspecified atom stereocenters. The van der Waals surface area contributed by atoms with Crippen LogP contribution in [-0.2, 0) is 4.79 Å². The van der Waals surface area contributed by atoms with Crippen LogP contribution in [0.4, 0.5) is 0 Å². The average Bonchev–Trinajstić information content (AvgIpc) is 2.72. The number of carbonyl (C=O) groups is 1. The molecule has 1 aromatic carbocycles. The smallest absolute Gasteiger partial charge is 0.224 e. The molecule has 2 fully saturated rings. The number of amides is 1. The first kappa shape index (κ1) is 20.2. The van der Waals surface area contributed by atoms with Gasteiger partial charge in [-0.25, -0.2) is 0 Å². The molecule has 2 aliphatic rings. The van der Waals surface area contributed by atoms with E-state index < -0.39 is 0 Å². The predicted octanol–water partition coefficient (Wildman–Crippen LogP) is 2.77. The summed E-state index contributed by atoms with van der Waals surface area (Å²) in [6.45, 7) is 10.1. The molecule has 0 saturated carbocycles. The number of benzene rings is 1. The summed E-state index contributed by atoms with van der Waals surface area (Å²) in [6.07, 6.45) is 4.60. The molecule has 2 heterocycles. The number of nitrogens with zero attached hydrogens (tertiary/aromatic N) is 2. The highest BCUT2D eigenvalue weighted by molar-refractivity contribution is 5.78. The number of piperidine rings is 2. The molecule has 3 rings (SSSR count). The second-order valence-electron chi connectivity index (χ2n) is 8.15. The zero-order valence-corrected chi connectivity index (χ0v) is 16.9. The molecular weight excluding hydrogens is 338 g/mol. The fourth-order valence-corrected chi connectivity index (χ4v) is 4.32. The molecule has 2 aliphatic heterocycles. The number of rotatable bonds is 7. The second kappa shape index (κ2) is 10.1. The molecule has 150 valence electrons. The van der Waals surface area contributed by atoms with E-state index in [1.807, 2.05) is 30.3 Å². The van der Waals surface area contributed by atoms with Crippen molar-refractivity contribution in [2.75, 3.05) is 39.3 Å². The minimum absolute atomic E-state index is 0.124. The Bertz CT molecular complexity index is 570. The number of para-hydroxylation sites is 1. The monoisotopic (exact) mass is 373 g/mol. The summed E-state index contributed by atoms with van der Waals surface area (Å²) < 4.78 is 5.66. The molecule has 1 aromatic rings. The van der Waals surface area contributed by atoms with Crippen LogP contribution in [0, 0.1) is 5.92 Å². The van der Waals surface area contributed by atoms with Gasteiger partial charge in [0, 0.05) is 18.6 Å². The first-order chi connectivity index (χ1) is 13.1. The summed E-state index contributed by atoms with van der Waals surface area (Å²) in [7, 11) is 0. The van der Waals surface area contributed by atoms with Crippen molar-refractivity contribution in [3.05, 3.63) is 30.3 Å². The van der Waals surface area contributed by atoms with Crippen molar-refractivity contribution >= 4 is 5.91 Å². The number of hydrogen-bond donors (Lipinski definition) is 1. The van der Waals surface area contributed by atoms with E-state index in [2.05, 4.69) is 29.0 Å². The molecule has 1 amide bonds.